The number of hydrogen-bond acceptors (Lipinski definition) is 2. The van der Waals surface area contributed by atoms with E-state index in [9.17, 15) is 4.79 Å². The average molecular weight is 218 g/mol. The van der Waals surface area contributed by atoms with Gasteiger partial charge in [-0.1, -0.05) is 30.3 Å². The molecule has 2 N–H and O–H groups in total. The van der Waals surface area contributed by atoms with Gasteiger partial charge >= 0.3 is 0 Å². The number of benzene rings is 1. The number of amides is 1. The number of nitrogens with one attached hydrogen (secondary N) is 2. The van der Waals surface area contributed by atoms with E-state index >= 15 is 0 Å². The van der Waals surface area contributed by atoms with Crippen molar-refractivity contribution < 1.29 is 4.79 Å². The van der Waals surface area contributed by atoms with E-state index in [1.807, 2.05) is 18.2 Å². The summed E-state index contributed by atoms with van der Waals surface area (Å²) >= 11 is 0. The molecular weight excluding hydrogens is 200 g/mol. The fraction of sp³-hybridized carbons (Fsp3) is 0.462. The van der Waals surface area contributed by atoms with Gasteiger partial charge in [-0.25, -0.2) is 0 Å². The second-order valence-electron chi connectivity index (χ2n) is 4.21. The Morgan fingerprint density at radius 3 is 2.88 bits per heavy atom. The lowest BCUT2D eigenvalue weighted by Crippen LogP contribution is -2.42. The molecule has 3 heteroatoms. The Hall–Kier alpha value is -1.35. The van der Waals surface area contributed by atoms with Gasteiger partial charge in [0.2, 0.25) is 5.91 Å². The first-order valence-electron chi connectivity index (χ1n) is 5.91. The standard InChI is InChI=1S/C13H18N2O/c16-13-12(8-4-5-9-14-13)15-10-11-6-2-1-3-7-11/h1-3,6-7,12,15H,4-5,8-10H2,(H,14,16). The monoisotopic (exact) mass is 218 g/mol. The first kappa shape index (κ1) is 11.1. The lowest BCUT2D eigenvalue weighted by atomic mass is 10.1. The molecule has 0 radical (unpaired) electrons. The van der Waals surface area contributed by atoms with Crippen molar-refractivity contribution >= 4 is 5.91 Å². The molecule has 0 aliphatic carbocycles. The minimum Gasteiger partial charge on any atom is -0.355 e. The normalized spacial score (nSPS) is 21.2. The maximum atomic E-state index is 11.7. The summed E-state index contributed by atoms with van der Waals surface area (Å²) in [6, 6.07) is 10.2. The van der Waals surface area contributed by atoms with Gasteiger partial charge in [0.15, 0.2) is 0 Å². The lowest BCUT2D eigenvalue weighted by Gasteiger charge is -2.14. The minimum absolute atomic E-state index is 0.0253. The van der Waals surface area contributed by atoms with Crippen LogP contribution in [0.1, 0.15) is 24.8 Å². The van der Waals surface area contributed by atoms with Crippen molar-refractivity contribution in [2.45, 2.75) is 31.8 Å². The molecule has 86 valence electrons. The minimum atomic E-state index is -0.0253. The lowest BCUT2D eigenvalue weighted by molar-refractivity contribution is -0.122. The molecule has 1 heterocycles. The van der Waals surface area contributed by atoms with Crippen LogP contribution < -0.4 is 10.6 Å². The van der Waals surface area contributed by atoms with Gasteiger partial charge in [0.1, 0.15) is 0 Å². The Morgan fingerprint density at radius 1 is 1.25 bits per heavy atom. The van der Waals surface area contributed by atoms with E-state index in [0.717, 1.165) is 32.4 Å². The number of carbonyl (C=O) groups is 1. The van der Waals surface area contributed by atoms with Gasteiger partial charge in [0, 0.05) is 13.1 Å². The van der Waals surface area contributed by atoms with E-state index in [4.69, 9.17) is 0 Å². The summed E-state index contributed by atoms with van der Waals surface area (Å²) in [5.74, 6) is 0.147. The zero-order valence-electron chi connectivity index (χ0n) is 9.41. The zero-order valence-corrected chi connectivity index (χ0v) is 9.41. The number of rotatable bonds is 3. The van der Waals surface area contributed by atoms with E-state index in [1.54, 1.807) is 0 Å². The van der Waals surface area contributed by atoms with Crippen molar-refractivity contribution in [2.24, 2.45) is 0 Å². The predicted octanol–water partition coefficient (Wildman–Crippen LogP) is 1.44. The molecule has 0 spiro atoms. The Bertz CT molecular complexity index is 337. The highest BCUT2D eigenvalue weighted by atomic mass is 16.2. The first-order valence-corrected chi connectivity index (χ1v) is 5.91. The van der Waals surface area contributed by atoms with Gasteiger partial charge in [-0.15, -0.1) is 0 Å². The molecule has 2 rings (SSSR count). The number of carbonyl (C=O) groups excluding carboxylic acids is 1. The number of hydrogen-bond donors (Lipinski definition) is 2. The molecule has 1 aromatic rings. The van der Waals surface area contributed by atoms with Crippen molar-refractivity contribution in [1.82, 2.24) is 10.6 Å². The molecule has 1 unspecified atom stereocenters. The second kappa shape index (κ2) is 5.66. The summed E-state index contributed by atoms with van der Waals surface area (Å²) in [7, 11) is 0. The summed E-state index contributed by atoms with van der Waals surface area (Å²) in [6.45, 7) is 1.58. The van der Waals surface area contributed by atoms with Crippen molar-refractivity contribution in [1.29, 1.82) is 0 Å². The van der Waals surface area contributed by atoms with Crippen LogP contribution in [-0.4, -0.2) is 18.5 Å². The van der Waals surface area contributed by atoms with Gasteiger partial charge in [0.25, 0.3) is 0 Å². The van der Waals surface area contributed by atoms with Crippen LogP contribution in [0.25, 0.3) is 0 Å². The molecule has 1 aliphatic rings. The molecule has 1 atom stereocenters. The van der Waals surface area contributed by atoms with E-state index in [1.165, 1.54) is 5.56 Å². The maximum absolute atomic E-state index is 11.7. The molecule has 1 aromatic carbocycles. The molecule has 0 aromatic heterocycles. The average Bonchev–Trinajstić information content (AvgIpc) is 2.53. The molecule has 3 nitrogen and oxygen atoms in total. The molecule has 0 bridgehead atoms. The summed E-state index contributed by atoms with van der Waals surface area (Å²) in [5.41, 5.74) is 1.22. The highest BCUT2D eigenvalue weighted by Gasteiger charge is 2.19. The quantitative estimate of drug-likeness (QED) is 0.806. The van der Waals surface area contributed by atoms with Gasteiger partial charge in [-0.05, 0) is 24.8 Å². The van der Waals surface area contributed by atoms with Crippen LogP contribution in [0.2, 0.25) is 0 Å². The van der Waals surface area contributed by atoms with Crippen LogP contribution in [-0.2, 0) is 11.3 Å². The van der Waals surface area contributed by atoms with Gasteiger partial charge < -0.3 is 10.6 Å². The molecular formula is C13H18N2O. The highest BCUT2D eigenvalue weighted by molar-refractivity contribution is 5.81. The van der Waals surface area contributed by atoms with Crippen LogP contribution in [0.3, 0.4) is 0 Å². The molecule has 1 amide bonds. The Balaban J connectivity index is 1.86. The van der Waals surface area contributed by atoms with Crippen LogP contribution in [0.4, 0.5) is 0 Å². The Kier molecular flexibility index (Phi) is 3.94. The fourth-order valence-corrected chi connectivity index (χ4v) is 1.97. The van der Waals surface area contributed by atoms with Gasteiger partial charge in [0.05, 0.1) is 6.04 Å². The molecule has 16 heavy (non-hydrogen) atoms. The van der Waals surface area contributed by atoms with Crippen LogP contribution >= 0.6 is 0 Å². The van der Waals surface area contributed by atoms with Gasteiger partial charge in [-0.2, -0.15) is 0 Å². The van der Waals surface area contributed by atoms with E-state index in [0.29, 0.717) is 0 Å². The maximum Gasteiger partial charge on any atom is 0.237 e. The summed E-state index contributed by atoms with van der Waals surface area (Å²) in [5, 5.41) is 6.25. The smallest absolute Gasteiger partial charge is 0.237 e. The van der Waals surface area contributed by atoms with Gasteiger partial charge in [-0.3, -0.25) is 4.79 Å². The summed E-state index contributed by atoms with van der Waals surface area (Å²) in [4.78, 5) is 11.7. The zero-order chi connectivity index (χ0) is 11.2. The van der Waals surface area contributed by atoms with E-state index < -0.39 is 0 Å². The van der Waals surface area contributed by atoms with E-state index in [2.05, 4.69) is 22.8 Å². The Morgan fingerprint density at radius 2 is 2.06 bits per heavy atom. The SMILES string of the molecule is O=C1NCCCCC1NCc1ccccc1. The summed E-state index contributed by atoms with van der Waals surface area (Å²) < 4.78 is 0. The highest BCUT2D eigenvalue weighted by Crippen LogP contribution is 2.06. The largest absolute Gasteiger partial charge is 0.355 e. The van der Waals surface area contributed by atoms with Crippen LogP contribution in [0, 0.1) is 0 Å². The third kappa shape index (κ3) is 3.07. The molecule has 1 fully saturated rings. The Labute approximate surface area is 96.2 Å². The molecule has 1 saturated heterocycles. The van der Waals surface area contributed by atoms with Crippen molar-refractivity contribution in [3.8, 4) is 0 Å². The second-order valence-corrected chi connectivity index (χ2v) is 4.21. The topological polar surface area (TPSA) is 41.1 Å². The van der Waals surface area contributed by atoms with E-state index in [-0.39, 0.29) is 11.9 Å². The molecule has 0 saturated carbocycles. The predicted molar refractivity (Wildman–Crippen MR) is 63.9 cm³/mol. The molecule has 1 aliphatic heterocycles. The first-order chi connectivity index (χ1) is 7.86. The third-order valence-corrected chi connectivity index (χ3v) is 2.93. The van der Waals surface area contributed by atoms with Crippen molar-refractivity contribution in [3.05, 3.63) is 35.9 Å². The fourth-order valence-electron chi connectivity index (χ4n) is 1.97. The third-order valence-electron chi connectivity index (χ3n) is 2.93. The van der Waals surface area contributed by atoms with Crippen molar-refractivity contribution in [3.63, 3.8) is 0 Å². The van der Waals surface area contributed by atoms with Crippen molar-refractivity contribution in [2.75, 3.05) is 6.54 Å². The van der Waals surface area contributed by atoms with Crippen LogP contribution in [0.15, 0.2) is 30.3 Å². The van der Waals surface area contributed by atoms with Crippen LogP contribution in [0.5, 0.6) is 0 Å². The summed E-state index contributed by atoms with van der Waals surface area (Å²) in [6.07, 6.45) is 3.15.